The molecule has 0 saturated carbocycles. The van der Waals surface area contributed by atoms with Crippen molar-refractivity contribution in [2.75, 3.05) is 0 Å². The largest absolute Gasteiger partial charge is 0.337 e. The Hall–Kier alpha value is -7.11. The zero-order valence-corrected chi connectivity index (χ0v) is 28.7. The number of non-ortho nitro benzene ring substituents is 2. The van der Waals surface area contributed by atoms with Gasteiger partial charge in [-0.3, -0.25) is 20.2 Å². The molecule has 0 aliphatic rings. The van der Waals surface area contributed by atoms with Crippen LogP contribution in [0.4, 0.5) is 11.4 Å². The maximum Gasteiger partial charge on any atom is 0.270 e. The fourth-order valence-electron chi connectivity index (χ4n) is 6.10. The molecule has 2 N–H and O–H groups in total. The van der Waals surface area contributed by atoms with Crippen LogP contribution in [0.1, 0.15) is 0 Å². The van der Waals surface area contributed by atoms with Gasteiger partial charge in [0, 0.05) is 67.4 Å². The molecule has 0 amide bonds. The molecule has 2 heterocycles. The summed E-state index contributed by atoms with van der Waals surface area (Å²) in [6, 6.07) is 49.0. The summed E-state index contributed by atoms with van der Waals surface area (Å²) in [7, 11) is 0. The molecule has 0 spiro atoms. The lowest BCUT2D eigenvalue weighted by atomic mass is 10.1. The summed E-state index contributed by atoms with van der Waals surface area (Å²) in [4.78, 5) is 40.8. The lowest BCUT2D eigenvalue weighted by Crippen LogP contribution is -1.89. The molecule has 0 bridgehead atoms. The van der Waals surface area contributed by atoms with Gasteiger partial charge in [-0.1, -0.05) is 121 Å². The van der Waals surface area contributed by atoms with E-state index in [0.717, 1.165) is 54.8 Å². The van der Waals surface area contributed by atoms with Crippen LogP contribution in [0.5, 0.6) is 0 Å². The van der Waals surface area contributed by atoms with Gasteiger partial charge in [0.15, 0.2) is 0 Å². The summed E-state index contributed by atoms with van der Waals surface area (Å²) < 4.78 is 0. The van der Waals surface area contributed by atoms with E-state index in [2.05, 4.69) is 34.2 Å². The second-order valence-corrected chi connectivity index (χ2v) is 13.3. The van der Waals surface area contributed by atoms with Crippen molar-refractivity contribution in [2.45, 2.75) is 9.79 Å². The number of H-pyrrole nitrogens is 2. The Balaban J connectivity index is 1.07. The number of hydrogen-bond acceptors (Lipinski definition) is 7. The highest BCUT2D eigenvalue weighted by Gasteiger charge is 2.19. The van der Waals surface area contributed by atoms with Gasteiger partial charge in [-0.2, -0.15) is 0 Å². The third-order valence-electron chi connectivity index (χ3n) is 8.68. The van der Waals surface area contributed by atoms with E-state index in [1.54, 1.807) is 36.0 Å². The minimum atomic E-state index is -0.409. The number of nitro benzene ring substituents is 2. The van der Waals surface area contributed by atoms with Crippen molar-refractivity contribution in [1.29, 1.82) is 0 Å². The van der Waals surface area contributed by atoms with Gasteiger partial charge in [-0.05, 0) is 24.3 Å². The number of aromatic amines is 2. The standard InChI is InChI=1S/C42H28N6O4S/c49-47(50)33-15-7-13-31(25-33)41-43-37(27-9-3-1-4-10-27)39(45-41)29-17-21-35(22-18-29)53-36-23-19-30(20-24-36)40-38(28-11-5-2-6-12-28)44-42(46-40)32-14-8-16-34(26-32)48(51)52/h1-26H,(H,43,45)(H,44,46). The summed E-state index contributed by atoms with van der Waals surface area (Å²) in [5.74, 6) is 1.09. The van der Waals surface area contributed by atoms with E-state index in [9.17, 15) is 20.2 Å². The predicted octanol–water partition coefficient (Wildman–Crippen LogP) is 11.1. The van der Waals surface area contributed by atoms with Gasteiger partial charge in [-0.15, -0.1) is 0 Å². The van der Waals surface area contributed by atoms with Crippen LogP contribution in [-0.2, 0) is 0 Å². The molecule has 53 heavy (non-hydrogen) atoms. The van der Waals surface area contributed by atoms with Gasteiger partial charge >= 0.3 is 0 Å². The van der Waals surface area contributed by atoms with Gasteiger partial charge in [0.25, 0.3) is 11.4 Å². The molecule has 8 rings (SSSR count). The van der Waals surface area contributed by atoms with E-state index >= 15 is 0 Å². The Morgan fingerprint density at radius 3 is 1.26 bits per heavy atom. The molecule has 0 aliphatic carbocycles. The monoisotopic (exact) mass is 712 g/mol. The van der Waals surface area contributed by atoms with Crippen molar-refractivity contribution in [3.8, 4) is 67.8 Å². The maximum atomic E-state index is 11.4. The molecular formula is C42H28N6O4S. The smallest absolute Gasteiger partial charge is 0.270 e. The third-order valence-corrected chi connectivity index (χ3v) is 9.70. The van der Waals surface area contributed by atoms with E-state index in [4.69, 9.17) is 9.97 Å². The molecule has 8 aromatic rings. The normalized spacial score (nSPS) is 11.0. The number of nitro groups is 2. The van der Waals surface area contributed by atoms with Crippen LogP contribution in [0.3, 0.4) is 0 Å². The average Bonchev–Trinajstić information content (AvgIpc) is 3.86. The highest BCUT2D eigenvalue weighted by atomic mass is 32.2. The highest BCUT2D eigenvalue weighted by molar-refractivity contribution is 7.99. The van der Waals surface area contributed by atoms with Crippen molar-refractivity contribution >= 4 is 23.1 Å². The van der Waals surface area contributed by atoms with Gasteiger partial charge in [0.2, 0.25) is 0 Å². The van der Waals surface area contributed by atoms with Crippen molar-refractivity contribution in [1.82, 2.24) is 19.9 Å². The Morgan fingerprint density at radius 1 is 0.434 bits per heavy atom. The molecule has 6 aromatic carbocycles. The molecule has 0 radical (unpaired) electrons. The summed E-state index contributed by atoms with van der Waals surface area (Å²) in [5, 5.41) is 22.9. The number of aromatic nitrogens is 4. The van der Waals surface area contributed by atoms with Crippen LogP contribution < -0.4 is 0 Å². The minimum Gasteiger partial charge on any atom is -0.337 e. The summed E-state index contributed by atoms with van der Waals surface area (Å²) in [6.07, 6.45) is 0. The van der Waals surface area contributed by atoms with Crippen LogP contribution in [-0.4, -0.2) is 29.8 Å². The topological polar surface area (TPSA) is 144 Å². The van der Waals surface area contributed by atoms with Gasteiger partial charge in [-0.25, -0.2) is 9.97 Å². The Bertz CT molecular complexity index is 2410. The molecule has 2 aromatic heterocycles. The number of imidazole rings is 2. The van der Waals surface area contributed by atoms with Crippen LogP contribution in [0.25, 0.3) is 67.8 Å². The van der Waals surface area contributed by atoms with Crippen molar-refractivity contribution in [2.24, 2.45) is 0 Å². The second-order valence-electron chi connectivity index (χ2n) is 12.1. The third kappa shape index (κ3) is 6.96. The fourth-order valence-corrected chi connectivity index (χ4v) is 6.91. The quantitative estimate of drug-likeness (QED) is 0.106. The molecule has 0 aliphatic heterocycles. The Labute approximate surface area is 307 Å². The summed E-state index contributed by atoms with van der Waals surface area (Å²) in [5.41, 5.74) is 8.12. The first kappa shape index (κ1) is 33.1. The SMILES string of the molecule is O=[N+]([O-])c1cccc(-c2nc(-c3ccc(Sc4ccc(-c5[nH]c(-c6cccc([N+](=O)[O-])c6)nc5-c5ccccc5)cc4)cc3)c(-c3ccccc3)[nH]2)c1. The molecule has 0 saturated heterocycles. The lowest BCUT2D eigenvalue weighted by Gasteiger charge is -2.07. The Morgan fingerprint density at radius 2 is 0.811 bits per heavy atom. The first-order chi connectivity index (χ1) is 25.9. The van der Waals surface area contributed by atoms with Crippen molar-refractivity contribution in [3.05, 3.63) is 178 Å². The lowest BCUT2D eigenvalue weighted by molar-refractivity contribution is -0.385. The molecule has 0 fully saturated rings. The molecule has 256 valence electrons. The first-order valence-corrected chi connectivity index (χ1v) is 17.4. The van der Waals surface area contributed by atoms with Gasteiger partial charge < -0.3 is 9.97 Å². The Kier molecular flexibility index (Phi) is 8.89. The van der Waals surface area contributed by atoms with E-state index < -0.39 is 9.85 Å². The fraction of sp³-hybridized carbons (Fsp3) is 0. The van der Waals surface area contributed by atoms with E-state index in [1.165, 1.54) is 24.3 Å². The van der Waals surface area contributed by atoms with Crippen LogP contribution in [0.2, 0.25) is 0 Å². The van der Waals surface area contributed by atoms with E-state index in [1.807, 2.05) is 84.9 Å². The molecule has 10 nitrogen and oxygen atoms in total. The highest BCUT2D eigenvalue weighted by Crippen LogP contribution is 2.38. The zero-order chi connectivity index (χ0) is 36.3. The van der Waals surface area contributed by atoms with Gasteiger partial charge in [0.1, 0.15) is 11.6 Å². The predicted molar refractivity (Wildman–Crippen MR) is 207 cm³/mol. The van der Waals surface area contributed by atoms with E-state index in [0.29, 0.717) is 22.8 Å². The molecular weight excluding hydrogens is 685 g/mol. The zero-order valence-electron chi connectivity index (χ0n) is 27.8. The maximum absolute atomic E-state index is 11.4. The average molecular weight is 713 g/mol. The van der Waals surface area contributed by atoms with Crippen LogP contribution >= 0.6 is 11.8 Å². The minimum absolute atomic E-state index is 0.00217. The molecule has 0 unspecified atom stereocenters. The number of rotatable bonds is 10. The number of nitrogens with one attached hydrogen (secondary N) is 2. The van der Waals surface area contributed by atoms with Crippen molar-refractivity contribution < 1.29 is 9.85 Å². The first-order valence-electron chi connectivity index (χ1n) is 16.6. The summed E-state index contributed by atoms with van der Waals surface area (Å²) in [6.45, 7) is 0. The second kappa shape index (κ2) is 14.3. The van der Waals surface area contributed by atoms with Crippen molar-refractivity contribution in [3.63, 3.8) is 0 Å². The van der Waals surface area contributed by atoms with E-state index in [-0.39, 0.29) is 11.4 Å². The van der Waals surface area contributed by atoms with Crippen LogP contribution in [0.15, 0.2) is 168 Å². The van der Waals surface area contributed by atoms with Crippen LogP contribution in [0, 0.1) is 20.2 Å². The van der Waals surface area contributed by atoms with Gasteiger partial charge in [0.05, 0.1) is 32.6 Å². The molecule has 11 heteroatoms. The summed E-state index contributed by atoms with van der Waals surface area (Å²) >= 11 is 1.63. The number of benzene rings is 6. The number of hydrogen-bond donors (Lipinski definition) is 2. The molecule has 0 atom stereocenters. The number of nitrogens with zero attached hydrogens (tertiary/aromatic N) is 4.